The molecule has 1 aromatic rings. The van der Waals surface area contributed by atoms with Crippen LogP contribution in [0.1, 0.15) is 11.1 Å². The molecule has 0 radical (unpaired) electrons. The Hall–Kier alpha value is -1.63. The van der Waals surface area contributed by atoms with Crippen molar-refractivity contribution in [2.75, 3.05) is 6.54 Å². The summed E-state index contributed by atoms with van der Waals surface area (Å²) in [5.74, 6) is -0.685. The van der Waals surface area contributed by atoms with Crippen LogP contribution in [-0.2, 0) is 11.2 Å². The van der Waals surface area contributed by atoms with E-state index in [1.807, 2.05) is 0 Å². The molecule has 0 saturated heterocycles. The number of alkyl halides is 3. The largest absolute Gasteiger partial charge is 0.405 e. The maximum Gasteiger partial charge on any atom is 0.405 e. The lowest BCUT2D eigenvalue weighted by atomic mass is 10.1. The first-order valence-corrected chi connectivity index (χ1v) is 5.41. The Morgan fingerprint density at radius 2 is 1.83 bits per heavy atom. The topological polar surface area (TPSA) is 55.1 Å². The van der Waals surface area contributed by atoms with Crippen molar-refractivity contribution in [3.05, 3.63) is 35.4 Å². The summed E-state index contributed by atoms with van der Waals surface area (Å²) in [7, 11) is 0. The number of hydrogen-bond donors (Lipinski definition) is 2. The summed E-state index contributed by atoms with van der Waals surface area (Å²) in [5, 5.41) is 1.79. The second kappa shape index (κ2) is 5.81. The molecule has 18 heavy (non-hydrogen) atoms. The van der Waals surface area contributed by atoms with E-state index in [0.29, 0.717) is 11.1 Å². The minimum absolute atomic E-state index is 0.117. The third-order valence-electron chi connectivity index (χ3n) is 2.09. The number of halogens is 3. The van der Waals surface area contributed by atoms with Crippen LogP contribution in [0, 0.1) is 0 Å². The quantitative estimate of drug-likeness (QED) is 0.820. The molecule has 0 fully saturated rings. The monoisotopic (exact) mass is 276 g/mol. The van der Waals surface area contributed by atoms with Gasteiger partial charge in [0.05, 0.1) is 6.42 Å². The zero-order valence-electron chi connectivity index (χ0n) is 9.25. The van der Waals surface area contributed by atoms with E-state index in [-0.39, 0.29) is 11.4 Å². The van der Waals surface area contributed by atoms with E-state index in [1.165, 1.54) is 0 Å². The van der Waals surface area contributed by atoms with Gasteiger partial charge in [0.15, 0.2) is 0 Å². The summed E-state index contributed by atoms with van der Waals surface area (Å²) >= 11 is 4.75. The van der Waals surface area contributed by atoms with Crippen molar-refractivity contribution in [1.29, 1.82) is 0 Å². The molecular formula is C11H11F3N2OS. The van der Waals surface area contributed by atoms with Gasteiger partial charge in [-0.05, 0) is 5.56 Å². The van der Waals surface area contributed by atoms with Gasteiger partial charge < -0.3 is 11.1 Å². The molecule has 7 heteroatoms. The van der Waals surface area contributed by atoms with E-state index in [2.05, 4.69) is 0 Å². The third-order valence-corrected chi connectivity index (χ3v) is 2.32. The summed E-state index contributed by atoms with van der Waals surface area (Å²) in [6, 6.07) is 6.44. The molecule has 0 aromatic heterocycles. The zero-order chi connectivity index (χ0) is 13.8. The van der Waals surface area contributed by atoms with Crippen molar-refractivity contribution in [2.45, 2.75) is 12.6 Å². The highest BCUT2D eigenvalue weighted by atomic mass is 32.1. The fourth-order valence-electron chi connectivity index (χ4n) is 1.23. The number of nitrogens with two attached hydrogens (primary N) is 1. The molecule has 0 heterocycles. The molecule has 0 spiro atoms. The zero-order valence-corrected chi connectivity index (χ0v) is 10.1. The molecule has 0 aliphatic carbocycles. The molecule has 0 unspecified atom stereocenters. The van der Waals surface area contributed by atoms with Crippen LogP contribution in [0.25, 0.3) is 0 Å². The van der Waals surface area contributed by atoms with Crippen LogP contribution in [0.15, 0.2) is 24.3 Å². The number of thiocarbonyl (C=S) groups is 1. The maximum atomic E-state index is 11.9. The number of rotatable bonds is 4. The van der Waals surface area contributed by atoms with Crippen LogP contribution in [0.3, 0.4) is 0 Å². The third kappa shape index (κ3) is 5.13. The summed E-state index contributed by atoms with van der Waals surface area (Å²) < 4.78 is 35.6. The van der Waals surface area contributed by atoms with Gasteiger partial charge in [-0.25, -0.2) is 0 Å². The molecule has 3 nitrogen and oxygen atoms in total. The van der Waals surface area contributed by atoms with Crippen molar-refractivity contribution < 1.29 is 18.0 Å². The van der Waals surface area contributed by atoms with Gasteiger partial charge in [-0.15, -0.1) is 0 Å². The molecule has 98 valence electrons. The van der Waals surface area contributed by atoms with Crippen molar-refractivity contribution in [3.8, 4) is 0 Å². The Balaban J connectivity index is 2.52. The first-order valence-electron chi connectivity index (χ1n) is 5.00. The smallest absolute Gasteiger partial charge is 0.389 e. The minimum Gasteiger partial charge on any atom is -0.389 e. The van der Waals surface area contributed by atoms with Gasteiger partial charge in [0.1, 0.15) is 11.5 Å². The van der Waals surface area contributed by atoms with Crippen LogP contribution in [0.2, 0.25) is 0 Å². The number of nitrogens with one attached hydrogen (secondary N) is 1. The summed E-state index contributed by atoms with van der Waals surface area (Å²) in [4.78, 5) is 11.4. The predicted octanol–water partition coefficient (Wildman–Crippen LogP) is 1.54. The van der Waals surface area contributed by atoms with Gasteiger partial charge in [-0.2, -0.15) is 13.2 Å². The summed E-state index contributed by atoms with van der Waals surface area (Å²) in [6.07, 6.45) is -4.51. The van der Waals surface area contributed by atoms with E-state index in [0.717, 1.165) is 0 Å². The summed E-state index contributed by atoms with van der Waals surface area (Å²) in [6.45, 7) is -1.32. The van der Waals surface area contributed by atoms with Gasteiger partial charge >= 0.3 is 6.18 Å². The molecule has 0 aliphatic rings. The molecule has 1 rings (SSSR count). The fraction of sp³-hybridized carbons (Fsp3) is 0.273. The van der Waals surface area contributed by atoms with Crippen molar-refractivity contribution >= 4 is 23.1 Å². The van der Waals surface area contributed by atoms with Crippen LogP contribution >= 0.6 is 12.2 Å². The van der Waals surface area contributed by atoms with Crippen molar-refractivity contribution in [3.63, 3.8) is 0 Å². The predicted molar refractivity (Wildman–Crippen MR) is 65.1 cm³/mol. The van der Waals surface area contributed by atoms with Crippen LogP contribution in [0.4, 0.5) is 13.2 Å². The Labute approximate surface area is 107 Å². The van der Waals surface area contributed by atoms with E-state index >= 15 is 0 Å². The van der Waals surface area contributed by atoms with Gasteiger partial charge in [0.2, 0.25) is 5.91 Å². The van der Waals surface area contributed by atoms with E-state index in [9.17, 15) is 18.0 Å². The molecule has 0 aliphatic heterocycles. The fourth-order valence-corrected chi connectivity index (χ4v) is 1.37. The minimum atomic E-state index is -4.40. The van der Waals surface area contributed by atoms with E-state index in [4.69, 9.17) is 18.0 Å². The molecule has 1 amide bonds. The van der Waals surface area contributed by atoms with E-state index in [1.54, 1.807) is 29.6 Å². The SMILES string of the molecule is NC(=S)c1ccc(CC(=O)NCC(F)(F)F)cc1. The van der Waals surface area contributed by atoms with Gasteiger partial charge in [0.25, 0.3) is 0 Å². The lowest BCUT2D eigenvalue weighted by molar-refractivity contribution is -0.138. The molecule has 1 aromatic carbocycles. The van der Waals surface area contributed by atoms with Gasteiger partial charge in [-0.3, -0.25) is 4.79 Å². The van der Waals surface area contributed by atoms with Crippen molar-refractivity contribution in [2.24, 2.45) is 5.73 Å². The normalized spacial score (nSPS) is 11.1. The van der Waals surface area contributed by atoms with E-state index < -0.39 is 18.6 Å². The highest BCUT2D eigenvalue weighted by Gasteiger charge is 2.27. The Morgan fingerprint density at radius 1 is 1.28 bits per heavy atom. The average molecular weight is 276 g/mol. The first-order chi connectivity index (χ1) is 8.28. The van der Waals surface area contributed by atoms with Gasteiger partial charge in [-0.1, -0.05) is 36.5 Å². The van der Waals surface area contributed by atoms with Crippen LogP contribution in [0.5, 0.6) is 0 Å². The lowest BCUT2D eigenvalue weighted by Gasteiger charge is -2.08. The number of carbonyl (C=O) groups excluding carboxylic acids is 1. The standard InChI is InChI=1S/C11H11F3N2OS/c12-11(13,14)6-16-9(17)5-7-1-3-8(4-2-7)10(15)18/h1-4H,5-6H2,(H2,15,18)(H,16,17). The lowest BCUT2D eigenvalue weighted by Crippen LogP contribution is -2.34. The highest BCUT2D eigenvalue weighted by Crippen LogP contribution is 2.12. The number of benzene rings is 1. The van der Waals surface area contributed by atoms with Gasteiger partial charge in [0, 0.05) is 5.56 Å². The van der Waals surface area contributed by atoms with Crippen molar-refractivity contribution in [1.82, 2.24) is 5.32 Å². The van der Waals surface area contributed by atoms with Crippen LogP contribution < -0.4 is 11.1 Å². The Morgan fingerprint density at radius 3 is 2.28 bits per heavy atom. The molecule has 0 bridgehead atoms. The Kier molecular flexibility index (Phi) is 4.66. The highest BCUT2D eigenvalue weighted by molar-refractivity contribution is 7.80. The maximum absolute atomic E-state index is 11.9. The Bertz CT molecular complexity index is 443. The second-order valence-electron chi connectivity index (χ2n) is 3.63. The molecule has 3 N–H and O–H groups in total. The average Bonchev–Trinajstić information content (AvgIpc) is 2.26. The first kappa shape index (κ1) is 14.4. The number of hydrogen-bond acceptors (Lipinski definition) is 2. The molecular weight excluding hydrogens is 265 g/mol. The molecule has 0 atom stereocenters. The number of amides is 1. The summed E-state index contributed by atoms with van der Waals surface area (Å²) in [5.41, 5.74) is 6.62. The molecule has 0 saturated carbocycles. The second-order valence-corrected chi connectivity index (χ2v) is 4.07. The van der Waals surface area contributed by atoms with Crippen LogP contribution in [-0.4, -0.2) is 23.6 Å². The number of carbonyl (C=O) groups is 1.